The molecule has 0 saturated heterocycles. The highest BCUT2D eigenvalue weighted by molar-refractivity contribution is 7.89. The Hall–Kier alpha value is -1.89. The summed E-state index contributed by atoms with van der Waals surface area (Å²) >= 11 is 0. The standard InChI is InChI=1S/C21H29NO4S/c1-4-14-26-20-11-10-19(15-17(20)2)27(24,25)22-16-21(3,23)13-12-18-8-6-5-7-9-18/h5-11,15,22-23H,4,12-14,16H2,1-3H3. The van der Waals surface area contributed by atoms with Crippen molar-refractivity contribution in [2.75, 3.05) is 13.2 Å². The van der Waals surface area contributed by atoms with Crippen LogP contribution in [0.3, 0.4) is 0 Å². The van der Waals surface area contributed by atoms with Crippen molar-refractivity contribution in [1.82, 2.24) is 4.72 Å². The van der Waals surface area contributed by atoms with Crippen LogP contribution in [0.25, 0.3) is 0 Å². The second-order valence-electron chi connectivity index (χ2n) is 7.08. The lowest BCUT2D eigenvalue weighted by molar-refractivity contribution is 0.0565. The zero-order chi connectivity index (χ0) is 19.9. The summed E-state index contributed by atoms with van der Waals surface area (Å²) in [5.41, 5.74) is 0.739. The van der Waals surface area contributed by atoms with Crippen LogP contribution >= 0.6 is 0 Å². The van der Waals surface area contributed by atoms with E-state index in [-0.39, 0.29) is 11.4 Å². The van der Waals surface area contributed by atoms with Crippen LogP contribution in [0.2, 0.25) is 0 Å². The first-order valence-electron chi connectivity index (χ1n) is 9.23. The van der Waals surface area contributed by atoms with Gasteiger partial charge in [-0.05, 0) is 62.4 Å². The first kappa shape index (κ1) is 21.4. The molecule has 0 spiro atoms. The molecule has 0 fully saturated rings. The summed E-state index contributed by atoms with van der Waals surface area (Å²) < 4.78 is 33.2. The molecule has 0 heterocycles. The minimum absolute atomic E-state index is 0.0463. The maximum absolute atomic E-state index is 12.6. The molecular formula is C21H29NO4S. The van der Waals surface area contributed by atoms with Crippen LogP contribution in [-0.2, 0) is 16.4 Å². The molecule has 5 nitrogen and oxygen atoms in total. The third kappa shape index (κ3) is 6.65. The van der Waals surface area contributed by atoms with Gasteiger partial charge in [-0.15, -0.1) is 0 Å². The molecule has 27 heavy (non-hydrogen) atoms. The first-order chi connectivity index (χ1) is 12.7. The molecule has 0 bridgehead atoms. The number of hydrogen-bond donors (Lipinski definition) is 2. The van der Waals surface area contributed by atoms with Gasteiger partial charge in [-0.3, -0.25) is 0 Å². The van der Waals surface area contributed by atoms with Crippen LogP contribution in [0, 0.1) is 6.92 Å². The molecule has 1 unspecified atom stereocenters. The van der Waals surface area contributed by atoms with Gasteiger partial charge in [-0.2, -0.15) is 0 Å². The molecule has 2 aromatic rings. The molecule has 0 aliphatic rings. The van der Waals surface area contributed by atoms with E-state index in [0.29, 0.717) is 25.2 Å². The third-order valence-electron chi connectivity index (χ3n) is 4.36. The van der Waals surface area contributed by atoms with Gasteiger partial charge in [0.15, 0.2) is 0 Å². The molecule has 0 saturated carbocycles. The number of benzene rings is 2. The van der Waals surface area contributed by atoms with E-state index in [2.05, 4.69) is 4.72 Å². The Morgan fingerprint density at radius 3 is 2.48 bits per heavy atom. The summed E-state index contributed by atoms with van der Waals surface area (Å²) in [7, 11) is -3.70. The average Bonchev–Trinajstić information content (AvgIpc) is 2.65. The Morgan fingerprint density at radius 2 is 1.85 bits per heavy atom. The highest BCUT2D eigenvalue weighted by Crippen LogP contribution is 2.22. The topological polar surface area (TPSA) is 75.6 Å². The Kier molecular flexibility index (Phi) is 7.41. The van der Waals surface area contributed by atoms with Gasteiger partial charge in [0.1, 0.15) is 5.75 Å². The zero-order valence-corrected chi connectivity index (χ0v) is 17.1. The summed E-state index contributed by atoms with van der Waals surface area (Å²) in [5.74, 6) is 0.686. The van der Waals surface area contributed by atoms with E-state index < -0.39 is 15.6 Å². The smallest absolute Gasteiger partial charge is 0.240 e. The van der Waals surface area contributed by atoms with E-state index in [0.717, 1.165) is 17.5 Å². The van der Waals surface area contributed by atoms with Gasteiger partial charge in [0.25, 0.3) is 0 Å². The molecule has 2 N–H and O–H groups in total. The van der Waals surface area contributed by atoms with Crippen molar-refractivity contribution in [2.24, 2.45) is 0 Å². The number of rotatable bonds is 10. The van der Waals surface area contributed by atoms with E-state index >= 15 is 0 Å². The molecule has 0 aliphatic heterocycles. The predicted octanol–water partition coefficient (Wildman–Crippen LogP) is 3.45. The largest absolute Gasteiger partial charge is 0.493 e. The van der Waals surface area contributed by atoms with Crippen molar-refractivity contribution in [1.29, 1.82) is 0 Å². The molecule has 6 heteroatoms. The Balaban J connectivity index is 1.97. The summed E-state index contributed by atoms with van der Waals surface area (Å²) in [6.07, 6.45) is 2.03. The number of aryl methyl sites for hydroxylation is 2. The molecule has 1 atom stereocenters. The van der Waals surface area contributed by atoms with Crippen LogP contribution in [0.4, 0.5) is 0 Å². The molecular weight excluding hydrogens is 362 g/mol. The van der Waals surface area contributed by atoms with Gasteiger partial charge < -0.3 is 9.84 Å². The highest BCUT2D eigenvalue weighted by Gasteiger charge is 2.24. The van der Waals surface area contributed by atoms with Crippen molar-refractivity contribution in [2.45, 2.75) is 50.5 Å². The fourth-order valence-electron chi connectivity index (χ4n) is 2.64. The lowest BCUT2D eigenvalue weighted by Gasteiger charge is -2.24. The monoisotopic (exact) mass is 391 g/mol. The number of nitrogens with one attached hydrogen (secondary N) is 1. The second-order valence-corrected chi connectivity index (χ2v) is 8.85. The van der Waals surface area contributed by atoms with Crippen molar-refractivity contribution in [3.8, 4) is 5.75 Å². The van der Waals surface area contributed by atoms with E-state index in [9.17, 15) is 13.5 Å². The second kappa shape index (κ2) is 9.35. The Morgan fingerprint density at radius 1 is 1.15 bits per heavy atom. The van der Waals surface area contributed by atoms with Crippen molar-refractivity contribution >= 4 is 10.0 Å². The minimum atomic E-state index is -3.70. The van der Waals surface area contributed by atoms with Crippen LogP contribution in [-0.4, -0.2) is 32.3 Å². The number of ether oxygens (including phenoxy) is 1. The molecule has 0 radical (unpaired) electrons. The minimum Gasteiger partial charge on any atom is -0.493 e. The van der Waals surface area contributed by atoms with Gasteiger partial charge in [0.05, 0.1) is 17.1 Å². The maximum atomic E-state index is 12.6. The summed E-state index contributed by atoms with van der Waals surface area (Å²) in [6, 6.07) is 14.6. The zero-order valence-electron chi connectivity index (χ0n) is 16.2. The molecule has 0 aromatic heterocycles. The van der Waals surface area contributed by atoms with E-state index in [1.165, 1.54) is 6.07 Å². The number of aliphatic hydroxyl groups is 1. The van der Waals surface area contributed by atoms with Crippen molar-refractivity contribution < 1.29 is 18.3 Å². The average molecular weight is 392 g/mol. The van der Waals surface area contributed by atoms with Gasteiger partial charge in [0, 0.05) is 6.54 Å². The van der Waals surface area contributed by atoms with E-state index in [1.54, 1.807) is 19.1 Å². The van der Waals surface area contributed by atoms with Gasteiger partial charge >= 0.3 is 0 Å². The Bertz CT molecular complexity index is 833. The predicted molar refractivity (Wildman–Crippen MR) is 108 cm³/mol. The Labute approximate surface area is 162 Å². The number of hydrogen-bond acceptors (Lipinski definition) is 4. The van der Waals surface area contributed by atoms with Gasteiger partial charge in [-0.1, -0.05) is 37.3 Å². The fraction of sp³-hybridized carbons (Fsp3) is 0.429. The fourth-order valence-corrected chi connectivity index (χ4v) is 3.89. The number of sulfonamides is 1. The van der Waals surface area contributed by atoms with E-state index in [1.807, 2.05) is 44.2 Å². The van der Waals surface area contributed by atoms with Crippen LogP contribution in [0.15, 0.2) is 53.4 Å². The molecule has 2 aromatic carbocycles. The van der Waals surface area contributed by atoms with Gasteiger partial charge in [0.2, 0.25) is 10.0 Å². The summed E-state index contributed by atoms with van der Waals surface area (Å²) in [4.78, 5) is 0.169. The third-order valence-corrected chi connectivity index (χ3v) is 5.76. The van der Waals surface area contributed by atoms with Crippen LogP contribution in [0.1, 0.15) is 37.8 Å². The normalized spacial score (nSPS) is 13.9. The highest BCUT2D eigenvalue weighted by atomic mass is 32.2. The van der Waals surface area contributed by atoms with Crippen LogP contribution < -0.4 is 9.46 Å². The summed E-state index contributed by atoms with van der Waals surface area (Å²) in [6.45, 7) is 6.03. The molecule has 2 rings (SSSR count). The maximum Gasteiger partial charge on any atom is 0.240 e. The molecule has 0 amide bonds. The SMILES string of the molecule is CCCOc1ccc(S(=O)(=O)NCC(C)(O)CCc2ccccc2)cc1C. The molecule has 148 valence electrons. The lowest BCUT2D eigenvalue weighted by atomic mass is 9.97. The quantitative estimate of drug-likeness (QED) is 0.650. The van der Waals surface area contributed by atoms with Crippen molar-refractivity contribution in [3.63, 3.8) is 0 Å². The van der Waals surface area contributed by atoms with Gasteiger partial charge in [-0.25, -0.2) is 13.1 Å². The lowest BCUT2D eigenvalue weighted by Crippen LogP contribution is -2.40. The van der Waals surface area contributed by atoms with Crippen LogP contribution in [0.5, 0.6) is 5.75 Å². The first-order valence-corrected chi connectivity index (χ1v) is 10.7. The van der Waals surface area contributed by atoms with Crippen molar-refractivity contribution in [3.05, 3.63) is 59.7 Å². The molecule has 0 aliphatic carbocycles. The van der Waals surface area contributed by atoms with E-state index in [4.69, 9.17) is 4.74 Å². The summed E-state index contributed by atoms with van der Waals surface area (Å²) in [5, 5.41) is 10.5.